The van der Waals surface area contributed by atoms with E-state index in [2.05, 4.69) is 41.4 Å². The Bertz CT molecular complexity index is 431. The van der Waals surface area contributed by atoms with E-state index in [9.17, 15) is 0 Å². The lowest BCUT2D eigenvalue weighted by molar-refractivity contribution is 0.179. The normalized spacial score (nSPS) is 13.3. The van der Waals surface area contributed by atoms with E-state index in [0.29, 0.717) is 6.61 Å². The first-order chi connectivity index (χ1) is 9.60. The molecule has 1 unspecified atom stereocenters. The van der Waals surface area contributed by atoms with Crippen LogP contribution < -0.4 is 10.6 Å². The predicted molar refractivity (Wildman–Crippen MR) is 85.8 cm³/mol. The molecule has 6 heteroatoms. The summed E-state index contributed by atoms with van der Waals surface area (Å²) in [5.41, 5.74) is 1.22. The van der Waals surface area contributed by atoms with Gasteiger partial charge in [0.1, 0.15) is 0 Å². The topological polar surface area (TPSA) is 58.5 Å². The number of methoxy groups -OCH3 is 1. The molecule has 20 heavy (non-hydrogen) atoms. The molecule has 1 aromatic rings. The monoisotopic (exact) mass is 298 g/mol. The lowest BCUT2D eigenvalue weighted by atomic mass is 10.3. The Balaban J connectivity index is 2.37. The number of ether oxygens (including phenoxy) is 1. The molecule has 0 fully saturated rings. The van der Waals surface area contributed by atoms with Crippen molar-refractivity contribution in [1.82, 2.24) is 15.6 Å². The highest BCUT2D eigenvalue weighted by atomic mass is 32.1. The fourth-order valence-corrected chi connectivity index (χ4v) is 2.95. The summed E-state index contributed by atoms with van der Waals surface area (Å²) in [6.45, 7) is 7.84. The number of guanidine groups is 1. The van der Waals surface area contributed by atoms with E-state index in [4.69, 9.17) is 4.74 Å². The van der Waals surface area contributed by atoms with E-state index < -0.39 is 0 Å². The van der Waals surface area contributed by atoms with Gasteiger partial charge in [-0.3, -0.25) is 4.99 Å². The van der Waals surface area contributed by atoms with E-state index in [-0.39, 0.29) is 6.04 Å². The molecule has 0 radical (unpaired) electrons. The standard InChI is InChI=1S/C14H26N4OS/c1-6-12-11(3)20-13(18-12)7-8-16-14(15-4)17-10(2)9-19-5/h10H,6-9H2,1-5H3,(H2,15,16,17). The first-order valence-corrected chi connectivity index (χ1v) is 7.83. The van der Waals surface area contributed by atoms with Crippen LogP contribution in [-0.4, -0.2) is 44.3 Å². The summed E-state index contributed by atoms with van der Waals surface area (Å²) < 4.78 is 5.10. The summed E-state index contributed by atoms with van der Waals surface area (Å²) in [6, 6.07) is 0.236. The van der Waals surface area contributed by atoms with Crippen LogP contribution >= 0.6 is 11.3 Å². The number of hydrogen-bond donors (Lipinski definition) is 2. The largest absolute Gasteiger partial charge is 0.383 e. The highest BCUT2D eigenvalue weighted by Gasteiger charge is 2.07. The molecule has 0 aliphatic heterocycles. The van der Waals surface area contributed by atoms with Crippen molar-refractivity contribution in [3.05, 3.63) is 15.6 Å². The van der Waals surface area contributed by atoms with Gasteiger partial charge in [-0.2, -0.15) is 0 Å². The van der Waals surface area contributed by atoms with Gasteiger partial charge in [-0.05, 0) is 20.3 Å². The quantitative estimate of drug-likeness (QED) is 0.595. The zero-order valence-electron chi connectivity index (χ0n) is 13.1. The van der Waals surface area contributed by atoms with Crippen LogP contribution in [-0.2, 0) is 17.6 Å². The van der Waals surface area contributed by atoms with Crippen molar-refractivity contribution in [3.8, 4) is 0 Å². The van der Waals surface area contributed by atoms with Gasteiger partial charge in [-0.25, -0.2) is 4.98 Å². The van der Waals surface area contributed by atoms with Crippen molar-refractivity contribution in [1.29, 1.82) is 0 Å². The van der Waals surface area contributed by atoms with Gasteiger partial charge in [0.25, 0.3) is 0 Å². The van der Waals surface area contributed by atoms with Gasteiger partial charge in [0.05, 0.1) is 17.3 Å². The Morgan fingerprint density at radius 2 is 2.25 bits per heavy atom. The van der Waals surface area contributed by atoms with Gasteiger partial charge in [-0.1, -0.05) is 6.92 Å². The third-order valence-electron chi connectivity index (χ3n) is 2.93. The van der Waals surface area contributed by atoms with Gasteiger partial charge in [0.15, 0.2) is 5.96 Å². The fourth-order valence-electron chi connectivity index (χ4n) is 1.93. The Morgan fingerprint density at radius 3 is 2.80 bits per heavy atom. The number of aliphatic imine (C=N–C) groups is 1. The molecule has 0 amide bonds. The lowest BCUT2D eigenvalue weighted by Crippen LogP contribution is -2.44. The first-order valence-electron chi connectivity index (χ1n) is 7.02. The second-order valence-corrected chi connectivity index (χ2v) is 6.00. The summed E-state index contributed by atoms with van der Waals surface area (Å²) >= 11 is 1.79. The second-order valence-electron chi connectivity index (χ2n) is 4.71. The molecule has 1 heterocycles. The van der Waals surface area contributed by atoms with Crippen molar-refractivity contribution in [3.63, 3.8) is 0 Å². The van der Waals surface area contributed by atoms with Gasteiger partial charge >= 0.3 is 0 Å². The highest BCUT2D eigenvalue weighted by molar-refractivity contribution is 7.11. The molecule has 1 aromatic heterocycles. The molecule has 1 atom stereocenters. The van der Waals surface area contributed by atoms with Crippen LogP contribution in [0, 0.1) is 6.92 Å². The van der Waals surface area contributed by atoms with Crippen LogP contribution in [0.5, 0.6) is 0 Å². The number of aromatic nitrogens is 1. The Morgan fingerprint density at radius 1 is 1.50 bits per heavy atom. The number of nitrogens with zero attached hydrogens (tertiary/aromatic N) is 2. The summed E-state index contributed by atoms with van der Waals surface area (Å²) in [7, 11) is 3.47. The maximum absolute atomic E-state index is 5.10. The van der Waals surface area contributed by atoms with Crippen LogP contribution in [0.4, 0.5) is 0 Å². The first kappa shape index (κ1) is 16.9. The van der Waals surface area contributed by atoms with E-state index in [1.807, 2.05) is 0 Å². The maximum Gasteiger partial charge on any atom is 0.191 e. The SMILES string of the molecule is CCc1nc(CCNC(=NC)NC(C)COC)sc1C. The summed E-state index contributed by atoms with van der Waals surface area (Å²) in [6.07, 6.45) is 1.93. The van der Waals surface area contributed by atoms with Crippen LogP contribution in [0.15, 0.2) is 4.99 Å². The zero-order chi connectivity index (χ0) is 15.0. The minimum absolute atomic E-state index is 0.236. The summed E-state index contributed by atoms with van der Waals surface area (Å²) in [4.78, 5) is 10.2. The van der Waals surface area contributed by atoms with Gasteiger partial charge < -0.3 is 15.4 Å². The number of aryl methyl sites for hydroxylation is 2. The Labute approximate surface area is 125 Å². The summed E-state index contributed by atoms with van der Waals surface area (Å²) in [5.74, 6) is 0.804. The Hall–Kier alpha value is -1.14. The molecule has 1 rings (SSSR count). The number of rotatable bonds is 7. The molecule has 5 nitrogen and oxygen atoms in total. The van der Waals surface area contributed by atoms with Crippen LogP contribution in [0.3, 0.4) is 0 Å². The molecule has 0 saturated carbocycles. The molecule has 114 valence electrons. The predicted octanol–water partition coefficient (Wildman–Crippen LogP) is 1.76. The van der Waals surface area contributed by atoms with Crippen molar-refractivity contribution in [2.75, 3.05) is 27.3 Å². The van der Waals surface area contributed by atoms with E-state index in [0.717, 1.165) is 25.3 Å². The smallest absolute Gasteiger partial charge is 0.191 e. The van der Waals surface area contributed by atoms with Gasteiger partial charge in [-0.15, -0.1) is 11.3 Å². The minimum atomic E-state index is 0.236. The molecule has 0 aliphatic carbocycles. The van der Waals surface area contributed by atoms with Gasteiger partial charge in [0.2, 0.25) is 0 Å². The van der Waals surface area contributed by atoms with Crippen molar-refractivity contribution >= 4 is 17.3 Å². The fraction of sp³-hybridized carbons (Fsp3) is 0.714. The molecule has 0 aromatic carbocycles. The minimum Gasteiger partial charge on any atom is -0.383 e. The third-order valence-corrected chi connectivity index (χ3v) is 4.00. The summed E-state index contributed by atoms with van der Waals surface area (Å²) in [5, 5.41) is 7.77. The highest BCUT2D eigenvalue weighted by Crippen LogP contribution is 2.17. The van der Waals surface area contributed by atoms with E-state index >= 15 is 0 Å². The van der Waals surface area contributed by atoms with Crippen LogP contribution in [0.25, 0.3) is 0 Å². The Kier molecular flexibility index (Phi) is 7.54. The second kappa shape index (κ2) is 8.92. The molecule has 0 aliphatic rings. The maximum atomic E-state index is 5.10. The van der Waals surface area contributed by atoms with Crippen molar-refractivity contribution in [2.45, 2.75) is 39.7 Å². The zero-order valence-corrected chi connectivity index (χ0v) is 13.9. The third kappa shape index (κ3) is 5.46. The van der Waals surface area contributed by atoms with E-state index in [1.54, 1.807) is 25.5 Å². The molecule has 0 saturated heterocycles. The average Bonchev–Trinajstić information content (AvgIpc) is 2.78. The number of hydrogen-bond acceptors (Lipinski definition) is 4. The molecule has 0 spiro atoms. The van der Waals surface area contributed by atoms with Gasteiger partial charge in [0, 0.05) is 38.0 Å². The molecule has 2 N–H and O–H groups in total. The van der Waals surface area contributed by atoms with Crippen molar-refractivity contribution in [2.24, 2.45) is 4.99 Å². The van der Waals surface area contributed by atoms with Crippen molar-refractivity contribution < 1.29 is 4.74 Å². The average molecular weight is 298 g/mol. The molecular formula is C14H26N4OS. The number of thiazole rings is 1. The van der Waals surface area contributed by atoms with E-state index in [1.165, 1.54) is 15.6 Å². The number of nitrogens with one attached hydrogen (secondary N) is 2. The molecule has 0 bridgehead atoms. The lowest BCUT2D eigenvalue weighted by Gasteiger charge is -2.16. The van der Waals surface area contributed by atoms with Crippen LogP contribution in [0.2, 0.25) is 0 Å². The van der Waals surface area contributed by atoms with Crippen LogP contribution in [0.1, 0.15) is 29.4 Å². The molecular weight excluding hydrogens is 272 g/mol.